The molecule has 0 bridgehead atoms. The van der Waals surface area contributed by atoms with Crippen LogP contribution in [0.2, 0.25) is 0 Å². The molecule has 21 heavy (non-hydrogen) atoms. The largest absolute Gasteiger partial charge is 0.478 e. The smallest absolute Gasteiger partial charge is 0.338 e. The van der Waals surface area contributed by atoms with Crippen molar-refractivity contribution < 1.29 is 23.2 Å². The first-order valence-electron chi connectivity index (χ1n) is 5.34. The van der Waals surface area contributed by atoms with Gasteiger partial charge in [0.05, 0.1) is 22.4 Å². The Hall–Kier alpha value is -2.95. The van der Waals surface area contributed by atoms with Gasteiger partial charge in [-0.05, 0) is 6.07 Å². The molecule has 0 fully saturated rings. The normalized spacial score (nSPS) is 11.0. The Kier molecular flexibility index (Phi) is 3.58. The lowest BCUT2D eigenvalue weighted by atomic mass is 10.1. The van der Waals surface area contributed by atoms with E-state index in [1.54, 1.807) is 0 Å². The molecule has 2 aromatic rings. The molecule has 0 aliphatic heterocycles. The monoisotopic (exact) mass is 312 g/mol. The van der Waals surface area contributed by atoms with Gasteiger partial charge in [0.25, 0.3) is 15.7 Å². The zero-order valence-corrected chi connectivity index (χ0v) is 11.0. The summed E-state index contributed by atoms with van der Waals surface area (Å²) in [5, 5.41) is 25.4. The summed E-state index contributed by atoms with van der Waals surface area (Å²) in [6.45, 7) is 0. The number of nitrogens with zero attached hydrogens (tertiary/aromatic N) is 2. The SMILES string of the molecule is O=C(O)c1cc([N+](=O)[O-])ccc1NS(=O)(=O)c1cn[nH]c1. The zero-order valence-electron chi connectivity index (χ0n) is 10.2. The molecule has 0 radical (unpaired) electrons. The van der Waals surface area contributed by atoms with Gasteiger partial charge in [0.1, 0.15) is 4.90 Å². The fourth-order valence-electron chi connectivity index (χ4n) is 1.50. The average molecular weight is 312 g/mol. The van der Waals surface area contributed by atoms with E-state index in [4.69, 9.17) is 5.11 Å². The Morgan fingerprint density at radius 1 is 1.43 bits per heavy atom. The number of sulfonamides is 1. The van der Waals surface area contributed by atoms with E-state index in [0.29, 0.717) is 0 Å². The lowest BCUT2D eigenvalue weighted by Crippen LogP contribution is -2.15. The van der Waals surface area contributed by atoms with Gasteiger partial charge in [-0.2, -0.15) is 5.10 Å². The van der Waals surface area contributed by atoms with Crippen LogP contribution in [0.15, 0.2) is 35.5 Å². The van der Waals surface area contributed by atoms with Gasteiger partial charge in [-0.25, -0.2) is 13.2 Å². The zero-order chi connectivity index (χ0) is 15.6. The first-order chi connectivity index (χ1) is 9.81. The molecular formula is C10H8N4O6S. The number of aromatic amines is 1. The van der Waals surface area contributed by atoms with Gasteiger partial charge < -0.3 is 5.11 Å². The first-order valence-corrected chi connectivity index (χ1v) is 6.83. The molecule has 10 nitrogen and oxygen atoms in total. The van der Waals surface area contributed by atoms with Gasteiger partial charge in [0, 0.05) is 18.3 Å². The maximum Gasteiger partial charge on any atom is 0.338 e. The highest BCUT2D eigenvalue weighted by atomic mass is 32.2. The summed E-state index contributed by atoms with van der Waals surface area (Å²) in [6, 6.07) is 2.79. The maximum atomic E-state index is 12.0. The third-order valence-corrected chi connectivity index (χ3v) is 3.80. The summed E-state index contributed by atoms with van der Waals surface area (Å²) in [5.41, 5.74) is -1.27. The third-order valence-electron chi connectivity index (χ3n) is 2.47. The van der Waals surface area contributed by atoms with Crippen molar-refractivity contribution in [1.82, 2.24) is 10.2 Å². The van der Waals surface area contributed by atoms with Crippen LogP contribution in [-0.2, 0) is 10.0 Å². The number of nitro groups is 1. The van der Waals surface area contributed by atoms with Crippen LogP contribution in [0.1, 0.15) is 10.4 Å². The van der Waals surface area contributed by atoms with Gasteiger partial charge in [-0.15, -0.1) is 0 Å². The number of aromatic nitrogens is 2. The van der Waals surface area contributed by atoms with Crippen LogP contribution in [0.3, 0.4) is 0 Å². The summed E-state index contributed by atoms with van der Waals surface area (Å²) in [7, 11) is -4.04. The third kappa shape index (κ3) is 2.97. The molecule has 0 atom stereocenters. The highest BCUT2D eigenvalue weighted by Crippen LogP contribution is 2.24. The quantitative estimate of drug-likeness (QED) is 0.545. The second-order valence-corrected chi connectivity index (χ2v) is 5.51. The van der Waals surface area contributed by atoms with Crippen LogP contribution in [-0.4, -0.2) is 34.6 Å². The number of hydrogen-bond acceptors (Lipinski definition) is 6. The van der Waals surface area contributed by atoms with Crippen LogP contribution in [0.5, 0.6) is 0 Å². The van der Waals surface area contributed by atoms with Crippen LogP contribution >= 0.6 is 0 Å². The molecular weight excluding hydrogens is 304 g/mol. The van der Waals surface area contributed by atoms with E-state index >= 15 is 0 Å². The van der Waals surface area contributed by atoms with E-state index in [-0.39, 0.29) is 10.6 Å². The van der Waals surface area contributed by atoms with Crippen molar-refractivity contribution in [2.24, 2.45) is 0 Å². The van der Waals surface area contributed by atoms with E-state index in [1.165, 1.54) is 0 Å². The second-order valence-electron chi connectivity index (χ2n) is 3.83. The average Bonchev–Trinajstić information content (AvgIpc) is 2.92. The molecule has 0 aliphatic rings. The Morgan fingerprint density at radius 2 is 2.14 bits per heavy atom. The lowest BCUT2D eigenvalue weighted by Gasteiger charge is -2.09. The molecule has 1 aromatic carbocycles. The summed E-state index contributed by atoms with van der Waals surface area (Å²) >= 11 is 0. The summed E-state index contributed by atoms with van der Waals surface area (Å²) in [5.74, 6) is -1.50. The minimum Gasteiger partial charge on any atom is -0.478 e. The molecule has 11 heteroatoms. The van der Waals surface area contributed by atoms with E-state index in [9.17, 15) is 23.3 Å². The standard InChI is InChI=1S/C10H8N4O6S/c15-10(16)8-3-6(14(17)18)1-2-9(8)13-21(19,20)7-4-11-12-5-7/h1-5,13H,(H,11,12)(H,15,16). The number of hydrogen-bond donors (Lipinski definition) is 3. The van der Waals surface area contributed by atoms with Crippen molar-refractivity contribution in [3.63, 3.8) is 0 Å². The highest BCUT2D eigenvalue weighted by Gasteiger charge is 2.21. The number of carboxylic acids is 1. The van der Waals surface area contributed by atoms with Crippen molar-refractivity contribution in [2.75, 3.05) is 4.72 Å². The van der Waals surface area contributed by atoms with E-state index < -0.39 is 32.2 Å². The molecule has 3 N–H and O–H groups in total. The van der Waals surface area contributed by atoms with Gasteiger partial charge in [0.15, 0.2) is 0 Å². The Labute approximate surface area is 117 Å². The molecule has 0 spiro atoms. The molecule has 0 amide bonds. The molecule has 0 aliphatic carbocycles. The van der Waals surface area contributed by atoms with Crippen LogP contribution in [0.4, 0.5) is 11.4 Å². The maximum absolute atomic E-state index is 12.0. The molecule has 1 aromatic heterocycles. The van der Waals surface area contributed by atoms with Crippen molar-refractivity contribution >= 4 is 27.4 Å². The molecule has 1 heterocycles. The summed E-state index contributed by atoms with van der Waals surface area (Å²) in [6.07, 6.45) is 2.14. The minimum atomic E-state index is -4.04. The molecule has 0 saturated carbocycles. The number of benzene rings is 1. The van der Waals surface area contributed by atoms with Crippen molar-refractivity contribution in [3.8, 4) is 0 Å². The van der Waals surface area contributed by atoms with E-state index in [1.807, 2.05) is 4.72 Å². The van der Waals surface area contributed by atoms with Crippen LogP contribution < -0.4 is 4.72 Å². The summed E-state index contributed by atoms with van der Waals surface area (Å²) in [4.78, 5) is 20.7. The van der Waals surface area contributed by atoms with Crippen molar-refractivity contribution in [2.45, 2.75) is 4.90 Å². The first kappa shape index (κ1) is 14.5. The van der Waals surface area contributed by atoms with Gasteiger partial charge in [-0.3, -0.25) is 19.9 Å². The highest BCUT2D eigenvalue weighted by molar-refractivity contribution is 7.92. The summed E-state index contributed by atoms with van der Waals surface area (Å²) < 4.78 is 26.0. The number of carbonyl (C=O) groups is 1. The number of rotatable bonds is 5. The number of nitro benzene ring substituents is 1. The van der Waals surface area contributed by atoms with E-state index in [0.717, 1.165) is 30.6 Å². The molecule has 2 rings (SSSR count). The lowest BCUT2D eigenvalue weighted by molar-refractivity contribution is -0.384. The minimum absolute atomic E-state index is 0.197. The van der Waals surface area contributed by atoms with Crippen LogP contribution in [0, 0.1) is 10.1 Å². The fourth-order valence-corrected chi connectivity index (χ4v) is 2.49. The van der Waals surface area contributed by atoms with Crippen molar-refractivity contribution in [1.29, 1.82) is 0 Å². The van der Waals surface area contributed by atoms with Gasteiger partial charge in [0.2, 0.25) is 0 Å². The fraction of sp³-hybridized carbons (Fsp3) is 0. The number of nitrogens with one attached hydrogen (secondary N) is 2. The van der Waals surface area contributed by atoms with Crippen LogP contribution in [0.25, 0.3) is 0 Å². The topological polar surface area (TPSA) is 155 Å². The number of anilines is 1. The number of H-pyrrole nitrogens is 1. The molecule has 0 unspecified atom stereocenters. The Balaban J connectivity index is 2.45. The number of non-ortho nitro benzene ring substituents is 1. The number of aromatic carboxylic acids is 1. The predicted molar refractivity (Wildman–Crippen MR) is 69.5 cm³/mol. The van der Waals surface area contributed by atoms with Gasteiger partial charge >= 0.3 is 5.97 Å². The van der Waals surface area contributed by atoms with Gasteiger partial charge in [-0.1, -0.05) is 0 Å². The number of carboxylic acid groups (broad SMARTS) is 1. The Bertz CT molecular complexity index is 799. The Morgan fingerprint density at radius 3 is 2.67 bits per heavy atom. The van der Waals surface area contributed by atoms with Crippen molar-refractivity contribution in [3.05, 3.63) is 46.3 Å². The van der Waals surface area contributed by atoms with E-state index in [2.05, 4.69) is 10.2 Å². The second kappa shape index (κ2) is 5.20. The molecule has 110 valence electrons. The predicted octanol–water partition coefficient (Wildman–Crippen LogP) is 0.817. The molecule has 0 saturated heterocycles.